The van der Waals surface area contributed by atoms with Crippen LogP contribution in [0.4, 0.5) is 0 Å². The van der Waals surface area contributed by atoms with Crippen LogP contribution in [0.25, 0.3) is 0 Å². The molecule has 1 aromatic rings. The third-order valence-electron chi connectivity index (χ3n) is 3.88. The molecule has 0 fully saturated rings. The first-order chi connectivity index (χ1) is 9.69. The van der Waals surface area contributed by atoms with Gasteiger partial charge in [0.25, 0.3) is 0 Å². The fraction of sp³-hybridized carbons (Fsp3) is 0.667. The van der Waals surface area contributed by atoms with Crippen LogP contribution in [0.3, 0.4) is 0 Å². The van der Waals surface area contributed by atoms with Gasteiger partial charge >= 0.3 is 0 Å². The lowest BCUT2D eigenvalue weighted by atomic mass is 10.00. The molecule has 1 rings (SSSR count). The summed E-state index contributed by atoms with van der Waals surface area (Å²) in [7, 11) is 1.70. The maximum absolute atomic E-state index is 6.53. The predicted octanol–water partition coefficient (Wildman–Crippen LogP) is 6.42. The van der Waals surface area contributed by atoms with Crippen LogP contribution in [0.15, 0.2) is 18.2 Å². The smallest absolute Gasteiger partial charge is 0.119 e. The van der Waals surface area contributed by atoms with E-state index in [9.17, 15) is 0 Å². The van der Waals surface area contributed by atoms with Gasteiger partial charge in [-0.1, -0.05) is 57.9 Å². The van der Waals surface area contributed by atoms with E-state index in [1.807, 2.05) is 6.07 Å². The van der Waals surface area contributed by atoms with E-state index in [-0.39, 0.29) is 5.38 Å². The Morgan fingerprint density at radius 1 is 1.05 bits per heavy atom. The zero-order chi connectivity index (χ0) is 14.8. The number of hydrogen-bond acceptors (Lipinski definition) is 1. The summed E-state index contributed by atoms with van der Waals surface area (Å²) in [5, 5.41) is 0.136. The molecule has 0 amide bonds. The van der Waals surface area contributed by atoms with Gasteiger partial charge in [0.15, 0.2) is 0 Å². The Bertz CT molecular complexity index is 376. The number of aryl methyl sites for hydroxylation is 1. The lowest BCUT2D eigenvalue weighted by Crippen LogP contribution is -1.95. The normalized spacial score (nSPS) is 12.4. The molecule has 0 aliphatic heterocycles. The van der Waals surface area contributed by atoms with Gasteiger partial charge in [-0.3, -0.25) is 0 Å². The van der Waals surface area contributed by atoms with Crippen molar-refractivity contribution in [3.63, 3.8) is 0 Å². The van der Waals surface area contributed by atoms with Crippen LogP contribution in [-0.4, -0.2) is 7.11 Å². The van der Waals surface area contributed by atoms with Gasteiger partial charge in [-0.25, -0.2) is 0 Å². The second kappa shape index (κ2) is 10.1. The monoisotopic (exact) mass is 296 g/mol. The molecule has 0 bridgehead atoms. The summed E-state index contributed by atoms with van der Waals surface area (Å²) in [5.74, 6) is 0.908. The Morgan fingerprint density at radius 2 is 1.70 bits per heavy atom. The number of ether oxygens (including phenoxy) is 1. The van der Waals surface area contributed by atoms with Crippen molar-refractivity contribution in [2.45, 2.75) is 70.6 Å². The zero-order valence-electron chi connectivity index (χ0n) is 13.3. The second-order valence-corrected chi connectivity index (χ2v) is 6.13. The highest BCUT2D eigenvalue weighted by molar-refractivity contribution is 6.20. The maximum Gasteiger partial charge on any atom is 0.119 e. The van der Waals surface area contributed by atoms with Gasteiger partial charge in [-0.2, -0.15) is 0 Å². The number of benzene rings is 1. The van der Waals surface area contributed by atoms with Crippen LogP contribution >= 0.6 is 11.6 Å². The number of unbranched alkanes of at least 4 members (excludes halogenated alkanes) is 6. The van der Waals surface area contributed by atoms with E-state index in [2.05, 4.69) is 26.0 Å². The van der Waals surface area contributed by atoms with Crippen LogP contribution in [-0.2, 0) is 0 Å². The van der Waals surface area contributed by atoms with E-state index in [0.29, 0.717) is 0 Å². The summed E-state index contributed by atoms with van der Waals surface area (Å²) in [5.41, 5.74) is 2.48. The number of methoxy groups -OCH3 is 1. The molecular weight excluding hydrogens is 268 g/mol. The first-order valence-electron chi connectivity index (χ1n) is 7.97. The standard InChI is InChI=1S/C18H29ClO/c1-4-5-6-7-8-9-10-11-18(19)17-13-12-16(20-3)14-15(17)2/h12-14,18H,4-11H2,1-3H3. The Labute approximate surface area is 129 Å². The van der Waals surface area contributed by atoms with Crippen LogP contribution in [0.1, 0.15) is 74.8 Å². The van der Waals surface area contributed by atoms with Crippen molar-refractivity contribution in [3.05, 3.63) is 29.3 Å². The Kier molecular flexibility index (Phi) is 8.77. The highest BCUT2D eigenvalue weighted by Crippen LogP contribution is 2.31. The van der Waals surface area contributed by atoms with Crippen molar-refractivity contribution in [1.82, 2.24) is 0 Å². The molecule has 0 saturated heterocycles. The number of halogens is 1. The molecule has 1 unspecified atom stereocenters. The third kappa shape index (κ3) is 6.17. The van der Waals surface area contributed by atoms with Crippen LogP contribution in [0.5, 0.6) is 5.75 Å². The Morgan fingerprint density at radius 3 is 2.30 bits per heavy atom. The molecule has 0 heterocycles. The number of alkyl halides is 1. The zero-order valence-corrected chi connectivity index (χ0v) is 14.0. The molecule has 0 spiro atoms. The third-order valence-corrected chi connectivity index (χ3v) is 4.33. The van der Waals surface area contributed by atoms with Crippen molar-refractivity contribution in [2.24, 2.45) is 0 Å². The Balaban J connectivity index is 2.27. The molecule has 0 radical (unpaired) electrons. The van der Waals surface area contributed by atoms with Crippen molar-refractivity contribution in [3.8, 4) is 5.75 Å². The van der Waals surface area contributed by atoms with Gasteiger partial charge in [0.1, 0.15) is 5.75 Å². The average Bonchev–Trinajstić information content (AvgIpc) is 2.45. The van der Waals surface area contributed by atoms with E-state index in [1.54, 1.807) is 7.11 Å². The van der Waals surface area contributed by atoms with Crippen molar-refractivity contribution >= 4 is 11.6 Å². The van der Waals surface area contributed by atoms with E-state index < -0.39 is 0 Å². The van der Waals surface area contributed by atoms with E-state index in [4.69, 9.17) is 16.3 Å². The minimum Gasteiger partial charge on any atom is -0.497 e. The molecule has 0 aliphatic carbocycles. The minimum atomic E-state index is 0.136. The molecular formula is C18H29ClO. The highest BCUT2D eigenvalue weighted by Gasteiger charge is 2.11. The molecule has 0 aromatic heterocycles. The fourth-order valence-corrected chi connectivity index (χ4v) is 2.96. The summed E-state index contributed by atoms with van der Waals surface area (Å²) in [6.07, 6.45) is 10.4. The molecule has 0 saturated carbocycles. The fourth-order valence-electron chi connectivity index (χ4n) is 2.56. The summed E-state index contributed by atoms with van der Waals surface area (Å²) < 4.78 is 5.23. The molecule has 1 atom stereocenters. The minimum absolute atomic E-state index is 0.136. The lowest BCUT2D eigenvalue weighted by molar-refractivity contribution is 0.414. The van der Waals surface area contributed by atoms with E-state index in [0.717, 1.165) is 12.2 Å². The second-order valence-electron chi connectivity index (χ2n) is 5.60. The van der Waals surface area contributed by atoms with E-state index in [1.165, 1.54) is 56.1 Å². The molecule has 0 N–H and O–H groups in total. The maximum atomic E-state index is 6.53. The van der Waals surface area contributed by atoms with Crippen LogP contribution < -0.4 is 4.74 Å². The van der Waals surface area contributed by atoms with Gasteiger partial charge in [-0.15, -0.1) is 11.6 Å². The van der Waals surface area contributed by atoms with Gasteiger partial charge in [0.2, 0.25) is 0 Å². The van der Waals surface area contributed by atoms with Crippen molar-refractivity contribution in [2.75, 3.05) is 7.11 Å². The van der Waals surface area contributed by atoms with Gasteiger partial charge < -0.3 is 4.74 Å². The topological polar surface area (TPSA) is 9.23 Å². The summed E-state index contributed by atoms with van der Waals surface area (Å²) >= 11 is 6.53. The van der Waals surface area contributed by atoms with Crippen LogP contribution in [0.2, 0.25) is 0 Å². The molecule has 0 aliphatic rings. The Hall–Kier alpha value is -0.690. The molecule has 114 valence electrons. The quantitative estimate of drug-likeness (QED) is 0.357. The van der Waals surface area contributed by atoms with Gasteiger partial charge in [0, 0.05) is 0 Å². The van der Waals surface area contributed by atoms with Crippen LogP contribution in [0, 0.1) is 6.92 Å². The molecule has 20 heavy (non-hydrogen) atoms. The van der Waals surface area contributed by atoms with Gasteiger partial charge in [0.05, 0.1) is 12.5 Å². The van der Waals surface area contributed by atoms with Gasteiger partial charge in [-0.05, 0) is 36.6 Å². The molecule has 1 aromatic carbocycles. The van der Waals surface area contributed by atoms with E-state index >= 15 is 0 Å². The first-order valence-corrected chi connectivity index (χ1v) is 8.41. The molecule has 1 nitrogen and oxygen atoms in total. The highest BCUT2D eigenvalue weighted by atomic mass is 35.5. The SMILES string of the molecule is CCCCCCCCCC(Cl)c1ccc(OC)cc1C. The summed E-state index contributed by atoms with van der Waals surface area (Å²) in [6.45, 7) is 4.37. The summed E-state index contributed by atoms with van der Waals surface area (Å²) in [6, 6.07) is 6.17. The largest absolute Gasteiger partial charge is 0.497 e. The number of hydrogen-bond donors (Lipinski definition) is 0. The van der Waals surface area contributed by atoms with Crippen molar-refractivity contribution in [1.29, 1.82) is 0 Å². The molecule has 2 heteroatoms. The average molecular weight is 297 g/mol. The number of rotatable bonds is 10. The summed E-state index contributed by atoms with van der Waals surface area (Å²) in [4.78, 5) is 0. The first kappa shape index (κ1) is 17.4. The van der Waals surface area contributed by atoms with Crippen molar-refractivity contribution < 1.29 is 4.74 Å². The lowest BCUT2D eigenvalue weighted by Gasteiger charge is -2.13. The predicted molar refractivity (Wildman–Crippen MR) is 88.9 cm³/mol.